The SMILES string of the molecule is CCCCCCOc1ccc(CNc2ccc(OC)cc2)cc1. The van der Waals surface area contributed by atoms with E-state index in [1.165, 1.54) is 24.8 Å². The van der Waals surface area contributed by atoms with Crippen molar-refractivity contribution >= 4 is 5.69 Å². The molecular weight excluding hydrogens is 286 g/mol. The van der Waals surface area contributed by atoms with Crippen LogP contribution in [0.1, 0.15) is 38.2 Å². The predicted molar refractivity (Wildman–Crippen MR) is 96.4 cm³/mol. The van der Waals surface area contributed by atoms with Gasteiger partial charge in [0.15, 0.2) is 0 Å². The van der Waals surface area contributed by atoms with Crippen molar-refractivity contribution in [1.82, 2.24) is 0 Å². The summed E-state index contributed by atoms with van der Waals surface area (Å²) in [6.45, 7) is 3.83. The third-order valence-corrected chi connectivity index (χ3v) is 3.78. The summed E-state index contributed by atoms with van der Waals surface area (Å²) in [6, 6.07) is 16.3. The number of benzene rings is 2. The van der Waals surface area contributed by atoms with E-state index in [0.29, 0.717) is 0 Å². The second-order valence-electron chi connectivity index (χ2n) is 5.64. The summed E-state index contributed by atoms with van der Waals surface area (Å²) in [6.07, 6.45) is 4.93. The van der Waals surface area contributed by atoms with Gasteiger partial charge >= 0.3 is 0 Å². The molecule has 0 radical (unpaired) electrons. The molecule has 2 rings (SSSR count). The van der Waals surface area contributed by atoms with Gasteiger partial charge in [0, 0.05) is 12.2 Å². The third kappa shape index (κ3) is 6.23. The Kier molecular flexibility index (Phi) is 7.31. The summed E-state index contributed by atoms with van der Waals surface area (Å²) >= 11 is 0. The van der Waals surface area contributed by atoms with Crippen molar-refractivity contribution in [3.63, 3.8) is 0 Å². The van der Waals surface area contributed by atoms with E-state index in [-0.39, 0.29) is 0 Å². The number of ether oxygens (including phenoxy) is 2. The summed E-state index contributed by atoms with van der Waals surface area (Å²) in [5.74, 6) is 1.82. The van der Waals surface area contributed by atoms with Gasteiger partial charge in [-0.25, -0.2) is 0 Å². The Labute approximate surface area is 139 Å². The molecule has 0 bridgehead atoms. The number of unbranched alkanes of at least 4 members (excludes halogenated alkanes) is 3. The number of hydrogen-bond donors (Lipinski definition) is 1. The average molecular weight is 313 g/mol. The molecule has 0 fully saturated rings. The van der Waals surface area contributed by atoms with E-state index in [9.17, 15) is 0 Å². The van der Waals surface area contributed by atoms with Crippen LogP contribution in [0.3, 0.4) is 0 Å². The first-order valence-corrected chi connectivity index (χ1v) is 8.41. The van der Waals surface area contributed by atoms with Gasteiger partial charge in [-0.15, -0.1) is 0 Å². The topological polar surface area (TPSA) is 30.5 Å². The number of methoxy groups -OCH3 is 1. The zero-order valence-corrected chi connectivity index (χ0v) is 14.2. The molecule has 0 saturated carbocycles. The van der Waals surface area contributed by atoms with Crippen molar-refractivity contribution in [2.24, 2.45) is 0 Å². The van der Waals surface area contributed by atoms with Crippen LogP contribution in [-0.2, 0) is 6.54 Å². The van der Waals surface area contributed by atoms with Gasteiger partial charge in [-0.1, -0.05) is 38.3 Å². The summed E-state index contributed by atoms with van der Waals surface area (Å²) < 4.78 is 10.9. The molecule has 0 aliphatic heterocycles. The van der Waals surface area contributed by atoms with Crippen LogP contribution in [0.25, 0.3) is 0 Å². The van der Waals surface area contributed by atoms with Gasteiger partial charge in [0.25, 0.3) is 0 Å². The number of hydrogen-bond acceptors (Lipinski definition) is 3. The van der Waals surface area contributed by atoms with Crippen molar-refractivity contribution in [2.75, 3.05) is 19.0 Å². The number of anilines is 1. The zero-order chi connectivity index (χ0) is 16.3. The molecule has 23 heavy (non-hydrogen) atoms. The first-order chi connectivity index (χ1) is 11.3. The van der Waals surface area contributed by atoms with Crippen LogP contribution < -0.4 is 14.8 Å². The van der Waals surface area contributed by atoms with E-state index < -0.39 is 0 Å². The predicted octanol–water partition coefficient (Wildman–Crippen LogP) is 5.27. The fourth-order valence-corrected chi connectivity index (χ4v) is 2.34. The Morgan fingerprint density at radius 1 is 0.826 bits per heavy atom. The number of rotatable bonds is 10. The van der Waals surface area contributed by atoms with Crippen LogP contribution >= 0.6 is 0 Å². The van der Waals surface area contributed by atoms with E-state index in [4.69, 9.17) is 9.47 Å². The van der Waals surface area contributed by atoms with Gasteiger partial charge in [0.2, 0.25) is 0 Å². The first kappa shape index (κ1) is 17.2. The van der Waals surface area contributed by atoms with E-state index in [1.54, 1.807) is 7.11 Å². The Morgan fingerprint density at radius 3 is 2.17 bits per heavy atom. The van der Waals surface area contributed by atoms with Gasteiger partial charge < -0.3 is 14.8 Å². The lowest BCUT2D eigenvalue weighted by Crippen LogP contribution is -2.00. The molecule has 0 aromatic heterocycles. The monoisotopic (exact) mass is 313 g/mol. The molecule has 0 spiro atoms. The molecule has 0 atom stereocenters. The quantitative estimate of drug-likeness (QED) is 0.606. The summed E-state index contributed by atoms with van der Waals surface area (Å²) in [7, 11) is 1.68. The highest BCUT2D eigenvalue weighted by Gasteiger charge is 1.98. The van der Waals surface area contributed by atoms with Crippen LogP contribution in [-0.4, -0.2) is 13.7 Å². The minimum Gasteiger partial charge on any atom is -0.497 e. The van der Waals surface area contributed by atoms with Crippen molar-refractivity contribution in [3.05, 3.63) is 54.1 Å². The largest absolute Gasteiger partial charge is 0.497 e. The minimum absolute atomic E-state index is 0.795. The fraction of sp³-hybridized carbons (Fsp3) is 0.400. The highest BCUT2D eigenvalue weighted by Crippen LogP contribution is 2.17. The van der Waals surface area contributed by atoms with Crippen LogP contribution in [0, 0.1) is 0 Å². The average Bonchev–Trinajstić information content (AvgIpc) is 2.61. The van der Waals surface area contributed by atoms with Gasteiger partial charge in [-0.05, 0) is 48.4 Å². The second-order valence-corrected chi connectivity index (χ2v) is 5.64. The molecule has 0 heterocycles. The molecule has 0 unspecified atom stereocenters. The molecule has 0 saturated heterocycles. The van der Waals surface area contributed by atoms with Crippen LogP contribution in [0.15, 0.2) is 48.5 Å². The van der Waals surface area contributed by atoms with Gasteiger partial charge in [0.05, 0.1) is 13.7 Å². The van der Waals surface area contributed by atoms with Crippen LogP contribution in [0.4, 0.5) is 5.69 Å². The third-order valence-electron chi connectivity index (χ3n) is 3.78. The summed E-state index contributed by atoms with van der Waals surface area (Å²) in [5, 5.41) is 3.40. The normalized spacial score (nSPS) is 10.3. The van der Waals surface area contributed by atoms with Crippen molar-refractivity contribution in [2.45, 2.75) is 39.2 Å². The van der Waals surface area contributed by atoms with Crippen LogP contribution in [0.5, 0.6) is 11.5 Å². The van der Waals surface area contributed by atoms with Crippen molar-refractivity contribution in [1.29, 1.82) is 0 Å². The fourth-order valence-electron chi connectivity index (χ4n) is 2.34. The molecule has 2 aromatic carbocycles. The lowest BCUT2D eigenvalue weighted by atomic mass is 10.2. The lowest BCUT2D eigenvalue weighted by molar-refractivity contribution is 0.305. The molecule has 0 amide bonds. The smallest absolute Gasteiger partial charge is 0.119 e. The molecule has 0 aliphatic carbocycles. The van der Waals surface area contributed by atoms with Crippen molar-refractivity contribution < 1.29 is 9.47 Å². The summed E-state index contributed by atoms with van der Waals surface area (Å²) in [5.41, 5.74) is 2.32. The Bertz CT molecular complexity index is 549. The zero-order valence-electron chi connectivity index (χ0n) is 14.2. The molecule has 0 aliphatic rings. The highest BCUT2D eigenvalue weighted by molar-refractivity contribution is 5.46. The Morgan fingerprint density at radius 2 is 1.52 bits per heavy atom. The lowest BCUT2D eigenvalue weighted by Gasteiger charge is -2.09. The molecule has 2 aromatic rings. The molecule has 3 nitrogen and oxygen atoms in total. The van der Waals surface area contributed by atoms with E-state index >= 15 is 0 Å². The molecule has 124 valence electrons. The Balaban J connectivity index is 1.73. The molecular formula is C20H27NO2. The maximum atomic E-state index is 5.76. The van der Waals surface area contributed by atoms with E-state index in [2.05, 4.69) is 24.4 Å². The summed E-state index contributed by atoms with van der Waals surface area (Å²) in [4.78, 5) is 0. The second kappa shape index (κ2) is 9.78. The van der Waals surface area contributed by atoms with Gasteiger partial charge in [-0.2, -0.15) is 0 Å². The standard InChI is InChI=1S/C20H27NO2/c1-3-4-5-6-15-23-20-11-7-17(8-12-20)16-21-18-9-13-19(22-2)14-10-18/h7-14,21H,3-6,15-16H2,1-2H3. The molecule has 3 heteroatoms. The van der Waals surface area contributed by atoms with Crippen LogP contribution in [0.2, 0.25) is 0 Å². The van der Waals surface area contributed by atoms with Gasteiger partial charge in [0.1, 0.15) is 11.5 Å². The Hall–Kier alpha value is -2.16. The maximum absolute atomic E-state index is 5.76. The number of nitrogens with one attached hydrogen (secondary N) is 1. The maximum Gasteiger partial charge on any atom is 0.119 e. The minimum atomic E-state index is 0.795. The van der Waals surface area contributed by atoms with Gasteiger partial charge in [-0.3, -0.25) is 0 Å². The van der Waals surface area contributed by atoms with E-state index in [0.717, 1.165) is 36.8 Å². The van der Waals surface area contributed by atoms with Crippen molar-refractivity contribution in [3.8, 4) is 11.5 Å². The van der Waals surface area contributed by atoms with E-state index in [1.807, 2.05) is 36.4 Å². The highest BCUT2D eigenvalue weighted by atomic mass is 16.5. The molecule has 1 N–H and O–H groups in total. The first-order valence-electron chi connectivity index (χ1n) is 8.41.